The van der Waals surface area contributed by atoms with Gasteiger partial charge in [0.25, 0.3) is 0 Å². The number of benzene rings is 1. The summed E-state index contributed by atoms with van der Waals surface area (Å²) < 4.78 is 10.2. The zero-order chi connectivity index (χ0) is 48.2. The van der Waals surface area contributed by atoms with E-state index >= 15 is 0 Å². The summed E-state index contributed by atoms with van der Waals surface area (Å²) in [5, 5.41) is 15.3. The van der Waals surface area contributed by atoms with E-state index in [0.29, 0.717) is 21.7 Å². The molecule has 0 aliphatic heterocycles. The highest BCUT2D eigenvalue weighted by molar-refractivity contribution is 5.23. The Labute approximate surface area is 395 Å². The molecule has 1 aromatic carbocycles. The molecule has 5 aromatic heterocycles. The number of aromatic nitrogens is 12. The lowest BCUT2D eigenvalue weighted by molar-refractivity contribution is 0.347. The van der Waals surface area contributed by atoms with Crippen LogP contribution in [0.5, 0.6) is 0 Å². The summed E-state index contributed by atoms with van der Waals surface area (Å²) in [6.45, 7) is 37.1. The third kappa shape index (κ3) is 30.8. The lowest BCUT2D eigenvalue weighted by Gasteiger charge is -2.25. The number of aryl methyl sites for hydroxylation is 5. The van der Waals surface area contributed by atoms with Crippen molar-refractivity contribution in [2.45, 2.75) is 199 Å². The normalized spacial score (nSPS) is 11.8. The Morgan fingerprint density at radius 2 is 0.692 bits per heavy atom. The molecule has 0 unspecified atom stereocenters. The lowest BCUT2D eigenvalue weighted by atomic mass is 9.80. The minimum Gasteiger partial charge on any atom is -0.337 e. The van der Waals surface area contributed by atoms with Crippen LogP contribution < -0.4 is 0 Å². The van der Waals surface area contributed by atoms with E-state index in [2.05, 4.69) is 177 Å². The fourth-order valence-corrected chi connectivity index (χ4v) is 6.82. The standard InChI is InChI=1S/C15H20N2.2C10H18N2.2C9H17N3/c1-15(2,14-7-4-3-5-8-14)9-6-11-17-12-10-16-13-17;2*1-10(2,3)5-4-7-12-8-6-11-9-12;2*1-9(2,3)5-4-7-12-8-6-10-11-12/h3-5,7-8,10,12-13H,6,9,11H2,1-2H3;2*6,8-9H,4-5,7H2,1-3H3;2*6,8H,4-5,7H2,1-3H3. The van der Waals surface area contributed by atoms with Crippen LogP contribution in [0, 0.1) is 21.7 Å². The maximum atomic E-state index is 4.06. The monoisotopic (exact) mass is 895 g/mol. The van der Waals surface area contributed by atoms with Crippen molar-refractivity contribution in [3.05, 3.63) is 117 Å². The Balaban J connectivity index is 0.000000282. The third-order valence-corrected chi connectivity index (χ3v) is 10.7. The van der Waals surface area contributed by atoms with Crippen molar-refractivity contribution in [3.63, 3.8) is 0 Å². The van der Waals surface area contributed by atoms with E-state index in [1.54, 1.807) is 12.4 Å². The van der Waals surface area contributed by atoms with Gasteiger partial charge >= 0.3 is 0 Å². The van der Waals surface area contributed by atoms with Crippen molar-refractivity contribution < 1.29 is 0 Å². The molecular weight excluding hydrogens is 805 g/mol. The molecule has 12 nitrogen and oxygen atoms in total. The summed E-state index contributed by atoms with van der Waals surface area (Å²) in [4.78, 5) is 12.1. The topological polar surface area (TPSA) is 115 Å². The van der Waals surface area contributed by atoms with E-state index < -0.39 is 0 Å². The van der Waals surface area contributed by atoms with Crippen molar-refractivity contribution >= 4 is 0 Å². The van der Waals surface area contributed by atoms with Gasteiger partial charge in [-0.3, -0.25) is 9.36 Å². The van der Waals surface area contributed by atoms with Gasteiger partial charge in [0.2, 0.25) is 0 Å². The van der Waals surface area contributed by atoms with Gasteiger partial charge < -0.3 is 13.7 Å². The van der Waals surface area contributed by atoms with Crippen LogP contribution in [0.1, 0.15) is 167 Å². The molecule has 12 heteroatoms. The Morgan fingerprint density at radius 1 is 0.369 bits per heavy atom. The molecule has 6 rings (SSSR count). The number of imidazole rings is 3. The molecule has 65 heavy (non-hydrogen) atoms. The van der Waals surface area contributed by atoms with E-state index in [0.717, 1.165) is 32.7 Å². The second-order valence-electron chi connectivity index (χ2n) is 22.7. The van der Waals surface area contributed by atoms with Gasteiger partial charge in [0, 0.05) is 82.3 Å². The number of hydrogen-bond donors (Lipinski definition) is 0. The Morgan fingerprint density at radius 3 is 0.969 bits per heavy atom. The predicted octanol–water partition coefficient (Wildman–Crippen LogP) is 13.3. The second-order valence-corrected chi connectivity index (χ2v) is 22.7. The number of rotatable bonds is 17. The van der Waals surface area contributed by atoms with Crippen LogP contribution in [0.4, 0.5) is 0 Å². The van der Waals surface area contributed by atoms with Gasteiger partial charge in [-0.25, -0.2) is 15.0 Å². The summed E-state index contributed by atoms with van der Waals surface area (Å²) in [6.07, 6.45) is 36.6. The molecule has 0 N–H and O–H groups in total. The van der Waals surface area contributed by atoms with E-state index in [9.17, 15) is 0 Å². The molecule has 0 aliphatic carbocycles. The van der Waals surface area contributed by atoms with Crippen molar-refractivity contribution in [1.82, 2.24) is 58.6 Å². The van der Waals surface area contributed by atoms with E-state index in [1.807, 2.05) is 77.9 Å². The summed E-state index contributed by atoms with van der Waals surface area (Å²) in [5.41, 5.74) is 3.45. The maximum Gasteiger partial charge on any atom is 0.0945 e. The van der Waals surface area contributed by atoms with E-state index in [-0.39, 0.29) is 5.41 Å². The average molecular weight is 895 g/mol. The van der Waals surface area contributed by atoms with Gasteiger partial charge in [0.05, 0.1) is 31.4 Å². The first-order chi connectivity index (χ1) is 30.5. The van der Waals surface area contributed by atoms with Crippen molar-refractivity contribution in [1.29, 1.82) is 0 Å². The fourth-order valence-electron chi connectivity index (χ4n) is 6.82. The van der Waals surface area contributed by atoms with Crippen LogP contribution in [0.25, 0.3) is 0 Å². The van der Waals surface area contributed by atoms with Crippen LogP contribution in [0.15, 0.2) is 111 Å². The molecule has 0 atom stereocenters. The highest BCUT2D eigenvalue weighted by atomic mass is 15.4. The van der Waals surface area contributed by atoms with Gasteiger partial charge in [-0.1, -0.05) is 138 Å². The molecule has 0 spiro atoms. The summed E-state index contributed by atoms with van der Waals surface area (Å²) in [7, 11) is 0. The van der Waals surface area contributed by atoms with Crippen molar-refractivity contribution in [2.24, 2.45) is 21.7 Å². The predicted molar refractivity (Wildman–Crippen MR) is 270 cm³/mol. The maximum absolute atomic E-state index is 4.06. The van der Waals surface area contributed by atoms with Crippen LogP contribution in [0.3, 0.4) is 0 Å². The van der Waals surface area contributed by atoms with Gasteiger partial charge in [0.1, 0.15) is 0 Å². The third-order valence-electron chi connectivity index (χ3n) is 10.7. The van der Waals surface area contributed by atoms with Crippen molar-refractivity contribution in [3.8, 4) is 0 Å². The average Bonchev–Trinajstić information content (AvgIpc) is 4.06. The molecule has 0 bridgehead atoms. The first-order valence-electron chi connectivity index (χ1n) is 24.1. The largest absolute Gasteiger partial charge is 0.337 e. The van der Waals surface area contributed by atoms with Crippen LogP contribution in [0.2, 0.25) is 0 Å². The molecular formula is C53H90N12. The first-order valence-corrected chi connectivity index (χ1v) is 24.1. The molecule has 0 amide bonds. The molecule has 0 radical (unpaired) electrons. The fraction of sp³-hybridized carbons (Fsp3) is 0.642. The van der Waals surface area contributed by atoms with E-state index in [1.165, 1.54) is 69.8 Å². The molecule has 0 aliphatic rings. The van der Waals surface area contributed by atoms with Gasteiger partial charge in [-0.15, -0.1) is 10.2 Å². The number of nitrogens with zero attached hydrogens (tertiary/aromatic N) is 12. The molecule has 0 saturated heterocycles. The first kappa shape index (κ1) is 56.3. The molecule has 0 fully saturated rings. The van der Waals surface area contributed by atoms with Crippen molar-refractivity contribution in [2.75, 3.05) is 0 Å². The zero-order valence-electron chi connectivity index (χ0n) is 43.4. The van der Waals surface area contributed by atoms with E-state index in [4.69, 9.17) is 0 Å². The van der Waals surface area contributed by atoms with Gasteiger partial charge in [-0.2, -0.15) is 0 Å². The molecule has 6 aromatic rings. The highest BCUT2D eigenvalue weighted by Crippen LogP contribution is 2.28. The van der Waals surface area contributed by atoms with Gasteiger partial charge in [-0.05, 0) is 96.8 Å². The van der Waals surface area contributed by atoms with Crippen LogP contribution in [-0.4, -0.2) is 58.6 Å². The molecule has 5 heterocycles. The molecule has 0 saturated carbocycles. The van der Waals surface area contributed by atoms with Crippen LogP contribution >= 0.6 is 0 Å². The Bertz CT molecular complexity index is 1720. The highest BCUT2D eigenvalue weighted by Gasteiger charge is 2.19. The minimum atomic E-state index is 0.252. The summed E-state index contributed by atoms with van der Waals surface area (Å²) >= 11 is 0. The summed E-state index contributed by atoms with van der Waals surface area (Å²) in [5.74, 6) is 0. The van der Waals surface area contributed by atoms with Crippen LogP contribution in [-0.2, 0) is 38.1 Å². The smallest absolute Gasteiger partial charge is 0.0945 e. The summed E-state index contributed by atoms with van der Waals surface area (Å²) in [6, 6.07) is 10.7. The SMILES string of the molecule is CC(C)(C)CCCn1ccnc1.CC(C)(C)CCCn1ccnc1.CC(C)(C)CCCn1ccnn1.CC(C)(C)CCCn1ccnn1.CC(C)(CCCn1ccnc1)c1ccccc1. The quantitative estimate of drug-likeness (QED) is 0.0895. The molecule has 362 valence electrons. The zero-order valence-corrected chi connectivity index (χ0v) is 43.4. The van der Waals surface area contributed by atoms with Gasteiger partial charge in [0.15, 0.2) is 0 Å². The second kappa shape index (κ2) is 28.9. The minimum absolute atomic E-state index is 0.252. The Kier molecular flexibility index (Phi) is 25.0. The Hall–Kier alpha value is -4.87. The number of hydrogen-bond acceptors (Lipinski definition) is 7. The lowest BCUT2D eigenvalue weighted by Crippen LogP contribution is -2.17.